The molecule has 2 N–H and O–H groups in total. The average Bonchev–Trinajstić information content (AvgIpc) is 2.27. The van der Waals surface area contributed by atoms with E-state index in [9.17, 15) is 18.0 Å². The van der Waals surface area contributed by atoms with Crippen LogP contribution in [0.2, 0.25) is 0 Å². The van der Waals surface area contributed by atoms with Crippen LogP contribution in [0.5, 0.6) is 0 Å². The Balaban J connectivity index is 3.41. The minimum absolute atomic E-state index is 0.0529. The first-order valence-electron chi connectivity index (χ1n) is 4.78. The first kappa shape index (κ1) is 14.1. The number of carboxylic acid groups (broad SMARTS) is 1. The van der Waals surface area contributed by atoms with E-state index in [1.165, 1.54) is 0 Å². The Bertz CT molecular complexity index is 588. The number of aromatic carboxylic acids is 1. The highest BCUT2D eigenvalue weighted by Gasteiger charge is 2.18. The fourth-order valence-electron chi connectivity index (χ4n) is 1.20. The summed E-state index contributed by atoms with van der Waals surface area (Å²) in [6, 6.07) is 2.56. The quantitative estimate of drug-likeness (QED) is 0.616. The number of rotatable bonds is 4. The molecule has 0 saturated carbocycles. The van der Waals surface area contributed by atoms with Crippen LogP contribution in [-0.4, -0.2) is 36.6 Å². The lowest BCUT2D eigenvalue weighted by Gasteiger charge is -2.05. The minimum Gasteiger partial charge on any atom is -0.478 e. The van der Waals surface area contributed by atoms with Crippen molar-refractivity contribution >= 4 is 22.1 Å². The van der Waals surface area contributed by atoms with Gasteiger partial charge < -0.3 is 9.84 Å². The highest BCUT2D eigenvalue weighted by molar-refractivity contribution is 7.85. The summed E-state index contributed by atoms with van der Waals surface area (Å²) < 4.78 is 35.4. The van der Waals surface area contributed by atoms with E-state index in [1.807, 2.05) is 0 Å². The van der Waals surface area contributed by atoms with Gasteiger partial charge in [-0.3, -0.25) is 4.55 Å². The SMILES string of the molecule is CCOC(=O)c1cc(C(=O)O)cc(S(=O)(=O)O)c1. The molecule has 0 spiro atoms. The Labute approximate surface area is 103 Å². The highest BCUT2D eigenvalue weighted by atomic mass is 32.2. The maximum absolute atomic E-state index is 11.4. The molecule has 1 aromatic rings. The number of carbonyl (C=O) groups is 2. The van der Waals surface area contributed by atoms with Gasteiger partial charge in [0.05, 0.1) is 22.6 Å². The molecule has 0 heterocycles. The lowest BCUT2D eigenvalue weighted by Crippen LogP contribution is -2.10. The standard InChI is InChI=1S/C10H10O7S/c1-2-17-10(13)7-3-6(9(11)12)4-8(5-7)18(14,15)16/h3-5H,2H2,1H3,(H,11,12)(H,14,15,16). The zero-order chi connectivity index (χ0) is 13.9. The van der Waals surface area contributed by atoms with Crippen molar-refractivity contribution in [3.63, 3.8) is 0 Å². The molecule has 0 atom stereocenters. The van der Waals surface area contributed by atoms with Crippen molar-refractivity contribution in [2.24, 2.45) is 0 Å². The van der Waals surface area contributed by atoms with Crippen LogP contribution < -0.4 is 0 Å². The summed E-state index contributed by atoms with van der Waals surface area (Å²) in [5.74, 6) is -2.29. The maximum atomic E-state index is 11.4. The number of hydrogen-bond donors (Lipinski definition) is 2. The number of benzene rings is 1. The van der Waals surface area contributed by atoms with Crippen LogP contribution in [0.15, 0.2) is 23.1 Å². The van der Waals surface area contributed by atoms with E-state index in [-0.39, 0.29) is 12.2 Å². The molecule has 98 valence electrons. The molecule has 0 aromatic heterocycles. The van der Waals surface area contributed by atoms with Gasteiger partial charge in [-0.2, -0.15) is 8.42 Å². The first-order chi connectivity index (χ1) is 8.25. The topological polar surface area (TPSA) is 118 Å². The van der Waals surface area contributed by atoms with Gasteiger partial charge in [-0.15, -0.1) is 0 Å². The monoisotopic (exact) mass is 274 g/mol. The van der Waals surface area contributed by atoms with Gasteiger partial charge in [0.25, 0.3) is 10.1 Å². The molecule has 0 amide bonds. The lowest BCUT2D eigenvalue weighted by atomic mass is 10.1. The second kappa shape index (κ2) is 5.15. The van der Waals surface area contributed by atoms with Crippen molar-refractivity contribution in [1.82, 2.24) is 0 Å². The summed E-state index contributed by atoms with van der Waals surface area (Å²) in [6.07, 6.45) is 0. The van der Waals surface area contributed by atoms with Crippen molar-refractivity contribution in [3.05, 3.63) is 29.3 Å². The van der Waals surface area contributed by atoms with Crippen LogP contribution >= 0.6 is 0 Å². The highest BCUT2D eigenvalue weighted by Crippen LogP contribution is 2.16. The van der Waals surface area contributed by atoms with E-state index < -0.39 is 32.5 Å². The van der Waals surface area contributed by atoms with Gasteiger partial charge in [-0.1, -0.05) is 0 Å². The molecule has 0 fully saturated rings. The molecule has 0 aliphatic carbocycles. The normalized spacial score (nSPS) is 11.0. The van der Waals surface area contributed by atoms with Gasteiger partial charge in [0.15, 0.2) is 0 Å². The molecular formula is C10H10O7S. The van der Waals surface area contributed by atoms with Crippen LogP contribution in [0.3, 0.4) is 0 Å². The fourth-order valence-corrected chi connectivity index (χ4v) is 1.76. The molecule has 0 aliphatic rings. The van der Waals surface area contributed by atoms with E-state index in [2.05, 4.69) is 4.74 Å². The Kier molecular flexibility index (Phi) is 4.04. The molecule has 0 bridgehead atoms. The third-order valence-corrected chi connectivity index (χ3v) is 2.79. The molecule has 7 nitrogen and oxygen atoms in total. The van der Waals surface area contributed by atoms with Gasteiger partial charge in [0.2, 0.25) is 0 Å². The van der Waals surface area contributed by atoms with E-state index >= 15 is 0 Å². The van der Waals surface area contributed by atoms with Crippen molar-refractivity contribution in [3.8, 4) is 0 Å². The average molecular weight is 274 g/mol. The van der Waals surface area contributed by atoms with Gasteiger partial charge in [0.1, 0.15) is 0 Å². The third kappa shape index (κ3) is 3.28. The van der Waals surface area contributed by atoms with Gasteiger partial charge in [0, 0.05) is 0 Å². The van der Waals surface area contributed by atoms with Crippen LogP contribution in [-0.2, 0) is 14.9 Å². The Morgan fingerprint density at radius 3 is 2.22 bits per heavy atom. The van der Waals surface area contributed by atoms with Crippen LogP contribution in [0.4, 0.5) is 0 Å². The predicted octanol–water partition coefficient (Wildman–Crippen LogP) is 0.808. The van der Waals surface area contributed by atoms with E-state index in [4.69, 9.17) is 9.66 Å². The second-order valence-corrected chi connectivity index (χ2v) is 4.67. The lowest BCUT2D eigenvalue weighted by molar-refractivity contribution is 0.0526. The molecule has 0 saturated heterocycles. The fraction of sp³-hybridized carbons (Fsp3) is 0.200. The van der Waals surface area contributed by atoms with Crippen LogP contribution in [0.1, 0.15) is 27.6 Å². The molecule has 1 aromatic carbocycles. The number of hydrogen-bond acceptors (Lipinski definition) is 5. The van der Waals surface area contributed by atoms with E-state index in [0.29, 0.717) is 0 Å². The summed E-state index contributed by atoms with van der Waals surface area (Å²) in [7, 11) is -4.60. The molecule has 0 aliphatic heterocycles. The van der Waals surface area contributed by atoms with Gasteiger partial charge in [-0.05, 0) is 25.1 Å². The van der Waals surface area contributed by atoms with E-state index in [0.717, 1.165) is 18.2 Å². The van der Waals surface area contributed by atoms with Crippen molar-refractivity contribution in [1.29, 1.82) is 0 Å². The molecule has 8 heteroatoms. The van der Waals surface area contributed by atoms with Crippen LogP contribution in [0, 0.1) is 0 Å². The van der Waals surface area contributed by atoms with Crippen LogP contribution in [0.25, 0.3) is 0 Å². The summed E-state index contributed by atoms with van der Waals surface area (Å²) in [5.41, 5.74) is -0.697. The summed E-state index contributed by atoms with van der Waals surface area (Å²) >= 11 is 0. The second-order valence-electron chi connectivity index (χ2n) is 3.25. The first-order valence-corrected chi connectivity index (χ1v) is 6.22. The number of carboxylic acids is 1. The number of ether oxygens (including phenoxy) is 1. The summed E-state index contributed by atoms with van der Waals surface area (Å²) in [6.45, 7) is 1.60. The van der Waals surface area contributed by atoms with Gasteiger partial charge in [-0.25, -0.2) is 9.59 Å². The summed E-state index contributed by atoms with van der Waals surface area (Å²) in [4.78, 5) is 21.5. The predicted molar refractivity (Wildman–Crippen MR) is 59.2 cm³/mol. The summed E-state index contributed by atoms with van der Waals surface area (Å²) in [5, 5.41) is 8.78. The molecule has 1 rings (SSSR count). The Morgan fingerprint density at radius 1 is 1.22 bits per heavy atom. The largest absolute Gasteiger partial charge is 0.478 e. The number of carbonyl (C=O) groups excluding carboxylic acids is 1. The molecule has 0 radical (unpaired) electrons. The Morgan fingerprint density at radius 2 is 1.78 bits per heavy atom. The smallest absolute Gasteiger partial charge is 0.338 e. The van der Waals surface area contributed by atoms with Crippen molar-refractivity contribution < 1.29 is 32.4 Å². The van der Waals surface area contributed by atoms with Gasteiger partial charge >= 0.3 is 11.9 Å². The molecule has 0 unspecified atom stereocenters. The zero-order valence-electron chi connectivity index (χ0n) is 9.28. The van der Waals surface area contributed by atoms with Crippen molar-refractivity contribution in [2.75, 3.05) is 6.61 Å². The molecular weight excluding hydrogens is 264 g/mol. The van der Waals surface area contributed by atoms with E-state index in [1.54, 1.807) is 6.92 Å². The maximum Gasteiger partial charge on any atom is 0.338 e. The zero-order valence-corrected chi connectivity index (χ0v) is 10.1. The van der Waals surface area contributed by atoms with Crippen molar-refractivity contribution in [2.45, 2.75) is 11.8 Å². The number of esters is 1. The third-order valence-electron chi connectivity index (χ3n) is 1.96. The molecule has 18 heavy (non-hydrogen) atoms. The Hall–Kier alpha value is -1.93. The minimum atomic E-state index is -4.60.